The predicted octanol–water partition coefficient (Wildman–Crippen LogP) is 3.64. The molecule has 2 aromatic rings. The highest BCUT2D eigenvalue weighted by Gasteiger charge is 2.19. The summed E-state index contributed by atoms with van der Waals surface area (Å²) in [7, 11) is 0. The van der Waals surface area contributed by atoms with E-state index in [1.54, 1.807) is 0 Å². The summed E-state index contributed by atoms with van der Waals surface area (Å²) in [6.07, 6.45) is 1.19. The molecule has 1 aromatic heterocycles. The summed E-state index contributed by atoms with van der Waals surface area (Å²) >= 11 is 1.47. The fourth-order valence-corrected chi connectivity index (χ4v) is 3.07. The number of rotatable bonds is 4. The summed E-state index contributed by atoms with van der Waals surface area (Å²) in [5, 5.41) is 2.61. The highest BCUT2D eigenvalue weighted by molar-refractivity contribution is 7.13. The van der Waals surface area contributed by atoms with E-state index in [1.807, 2.05) is 11.4 Å². The first-order valence-corrected chi connectivity index (χ1v) is 8.24. The van der Waals surface area contributed by atoms with Crippen molar-refractivity contribution in [3.63, 3.8) is 0 Å². The van der Waals surface area contributed by atoms with E-state index in [0.29, 0.717) is 11.0 Å². The van der Waals surface area contributed by atoms with E-state index in [0.717, 1.165) is 36.7 Å². The smallest absolute Gasteiger partial charge is 0.180 e. The Hall–Kier alpha value is -1.75. The number of thiazole rings is 1. The number of hydrogen-bond acceptors (Lipinski definition) is 5. The van der Waals surface area contributed by atoms with Crippen molar-refractivity contribution in [1.29, 1.82) is 0 Å². The van der Waals surface area contributed by atoms with Gasteiger partial charge in [-0.2, -0.15) is 0 Å². The molecule has 2 heterocycles. The largest absolute Gasteiger partial charge is 0.490 e. The van der Waals surface area contributed by atoms with Crippen LogP contribution in [0.3, 0.4) is 0 Å². The fraction of sp³-hybridized carbons (Fsp3) is 0.438. The van der Waals surface area contributed by atoms with Gasteiger partial charge in [0.05, 0.1) is 17.9 Å². The molecule has 0 saturated carbocycles. The van der Waals surface area contributed by atoms with Crippen LogP contribution >= 0.6 is 11.3 Å². The van der Waals surface area contributed by atoms with Crippen LogP contribution in [0.5, 0.6) is 5.75 Å². The number of aromatic nitrogens is 1. The summed E-state index contributed by atoms with van der Waals surface area (Å²) < 4.78 is 5.77. The van der Waals surface area contributed by atoms with Crippen LogP contribution in [0, 0.1) is 5.92 Å². The van der Waals surface area contributed by atoms with E-state index < -0.39 is 0 Å². The Balaban J connectivity index is 1.89. The van der Waals surface area contributed by atoms with Gasteiger partial charge in [-0.15, -0.1) is 11.3 Å². The number of nitrogens with zero attached hydrogens (tertiary/aromatic N) is 2. The lowest BCUT2D eigenvalue weighted by atomic mass is 10.1. The first kappa shape index (κ1) is 14.2. The van der Waals surface area contributed by atoms with E-state index in [1.165, 1.54) is 23.4 Å². The Morgan fingerprint density at radius 2 is 2.29 bits per heavy atom. The van der Waals surface area contributed by atoms with Crippen LogP contribution in [0.4, 0.5) is 10.8 Å². The van der Waals surface area contributed by atoms with Crippen LogP contribution in [0.2, 0.25) is 0 Å². The second-order valence-corrected chi connectivity index (χ2v) is 6.66. The molecule has 1 aliphatic rings. The second kappa shape index (κ2) is 5.93. The van der Waals surface area contributed by atoms with Crippen molar-refractivity contribution >= 4 is 22.2 Å². The molecule has 0 fully saturated rings. The second-order valence-electron chi connectivity index (χ2n) is 5.77. The molecule has 0 unspecified atom stereocenters. The van der Waals surface area contributed by atoms with Crippen LogP contribution in [0.1, 0.15) is 20.3 Å². The number of nitrogen functional groups attached to an aromatic ring is 1. The van der Waals surface area contributed by atoms with Gasteiger partial charge in [-0.25, -0.2) is 4.98 Å². The summed E-state index contributed by atoms with van der Waals surface area (Å²) in [4.78, 5) is 6.78. The maximum Gasteiger partial charge on any atom is 0.180 e. The molecule has 0 atom stereocenters. The first-order valence-electron chi connectivity index (χ1n) is 7.36. The molecule has 0 aliphatic carbocycles. The number of hydrogen-bond donors (Lipinski definition) is 1. The number of nitrogens with two attached hydrogens (primary N) is 1. The highest BCUT2D eigenvalue weighted by Crippen LogP contribution is 2.36. The van der Waals surface area contributed by atoms with Crippen molar-refractivity contribution in [1.82, 2.24) is 4.98 Å². The van der Waals surface area contributed by atoms with E-state index in [4.69, 9.17) is 10.5 Å². The van der Waals surface area contributed by atoms with Crippen molar-refractivity contribution < 1.29 is 4.74 Å². The minimum atomic E-state index is 0.607. The minimum absolute atomic E-state index is 0.607. The number of anilines is 2. The third kappa shape index (κ3) is 3.13. The maximum absolute atomic E-state index is 5.77. The third-order valence-corrected chi connectivity index (χ3v) is 4.39. The normalized spacial score (nSPS) is 14.1. The minimum Gasteiger partial charge on any atom is -0.490 e. The molecule has 0 saturated heterocycles. The molecule has 5 heteroatoms. The van der Waals surface area contributed by atoms with Gasteiger partial charge in [0, 0.05) is 17.5 Å². The van der Waals surface area contributed by atoms with Gasteiger partial charge < -0.3 is 15.4 Å². The zero-order valence-electron chi connectivity index (χ0n) is 12.5. The molecule has 2 N–H and O–H groups in total. The maximum atomic E-state index is 5.77. The fourth-order valence-electron chi connectivity index (χ4n) is 2.50. The van der Waals surface area contributed by atoms with E-state index in [-0.39, 0.29) is 0 Å². The lowest BCUT2D eigenvalue weighted by Gasteiger charge is -2.32. The molecule has 0 spiro atoms. The Bertz CT molecular complexity index is 624. The SMILES string of the molecule is CC(C)CCN1CCOc2ccc(-c3csc(N)n3)cc21. The molecule has 0 bridgehead atoms. The standard InChI is InChI=1S/C16H21N3OS/c1-11(2)5-6-19-7-8-20-15-4-3-12(9-14(15)19)13-10-21-16(17)18-13/h3-4,9-11H,5-8H2,1-2H3,(H2,17,18). The monoisotopic (exact) mass is 303 g/mol. The van der Waals surface area contributed by atoms with Gasteiger partial charge in [-0.05, 0) is 30.5 Å². The Labute approximate surface area is 129 Å². The number of benzene rings is 1. The topological polar surface area (TPSA) is 51.4 Å². The lowest BCUT2D eigenvalue weighted by molar-refractivity contribution is 0.306. The number of fused-ring (bicyclic) bond motifs is 1. The van der Waals surface area contributed by atoms with Gasteiger partial charge >= 0.3 is 0 Å². The van der Waals surface area contributed by atoms with Crippen LogP contribution in [-0.2, 0) is 0 Å². The van der Waals surface area contributed by atoms with E-state index in [2.05, 4.69) is 35.9 Å². The zero-order chi connectivity index (χ0) is 14.8. The molecule has 1 aliphatic heterocycles. The summed E-state index contributed by atoms with van der Waals surface area (Å²) in [6, 6.07) is 6.27. The highest BCUT2D eigenvalue weighted by atomic mass is 32.1. The molecule has 4 nitrogen and oxygen atoms in total. The van der Waals surface area contributed by atoms with Gasteiger partial charge in [0.15, 0.2) is 5.13 Å². The number of ether oxygens (including phenoxy) is 1. The third-order valence-electron chi connectivity index (χ3n) is 3.71. The Morgan fingerprint density at radius 3 is 3.00 bits per heavy atom. The predicted molar refractivity (Wildman–Crippen MR) is 89.1 cm³/mol. The van der Waals surface area contributed by atoms with Crippen LogP contribution < -0.4 is 15.4 Å². The lowest BCUT2D eigenvalue weighted by Crippen LogP contribution is -2.34. The van der Waals surface area contributed by atoms with Gasteiger partial charge in [-0.1, -0.05) is 13.8 Å². The van der Waals surface area contributed by atoms with Crippen molar-refractivity contribution in [3.8, 4) is 17.0 Å². The summed E-state index contributed by atoms with van der Waals surface area (Å²) in [5.74, 6) is 1.68. The average molecular weight is 303 g/mol. The first-order chi connectivity index (χ1) is 10.1. The van der Waals surface area contributed by atoms with Crippen molar-refractivity contribution in [2.45, 2.75) is 20.3 Å². The molecule has 1 aromatic carbocycles. The summed E-state index contributed by atoms with van der Waals surface area (Å²) in [6.45, 7) is 7.29. The average Bonchev–Trinajstić information content (AvgIpc) is 2.91. The van der Waals surface area contributed by atoms with Gasteiger partial charge in [0.25, 0.3) is 0 Å². The Kier molecular flexibility index (Phi) is 4.01. The molecule has 112 valence electrons. The zero-order valence-corrected chi connectivity index (χ0v) is 13.3. The molecule has 21 heavy (non-hydrogen) atoms. The molecule has 0 amide bonds. The Morgan fingerprint density at radius 1 is 1.43 bits per heavy atom. The quantitative estimate of drug-likeness (QED) is 0.937. The van der Waals surface area contributed by atoms with Gasteiger partial charge in [-0.3, -0.25) is 0 Å². The summed E-state index contributed by atoms with van der Waals surface area (Å²) in [5.41, 5.74) is 8.94. The van der Waals surface area contributed by atoms with E-state index in [9.17, 15) is 0 Å². The van der Waals surface area contributed by atoms with Crippen molar-refractivity contribution in [2.24, 2.45) is 5.92 Å². The van der Waals surface area contributed by atoms with Gasteiger partial charge in [0.2, 0.25) is 0 Å². The van der Waals surface area contributed by atoms with E-state index >= 15 is 0 Å². The van der Waals surface area contributed by atoms with Gasteiger partial charge in [0.1, 0.15) is 12.4 Å². The van der Waals surface area contributed by atoms with Crippen molar-refractivity contribution in [2.75, 3.05) is 30.3 Å². The molecule has 0 radical (unpaired) electrons. The van der Waals surface area contributed by atoms with Crippen LogP contribution in [-0.4, -0.2) is 24.7 Å². The van der Waals surface area contributed by atoms with Crippen molar-refractivity contribution in [3.05, 3.63) is 23.6 Å². The van der Waals surface area contributed by atoms with Crippen LogP contribution in [0.15, 0.2) is 23.6 Å². The molecule has 3 rings (SSSR count). The molecular weight excluding hydrogens is 282 g/mol. The molecular formula is C16H21N3OS. The van der Waals surface area contributed by atoms with Crippen LogP contribution in [0.25, 0.3) is 11.3 Å².